The van der Waals surface area contributed by atoms with Crippen LogP contribution in [0.1, 0.15) is 45.9 Å². The molecule has 19 heavy (non-hydrogen) atoms. The zero-order chi connectivity index (χ0) is 14.4. The molecule has 2 atom stereocenters. The highest BCUT2D eigenvalue weighted by Crippen LogP contribution is 2.11. The topological polar surface area (TPSA) is 47.1 Å². The smallest absolute Gasteiger partial charge is 0.0768 e. The molecule has 5 heteroatoms. The Bertz CT molecular complexity index is 402. The molecule has 1 aromatic heterocycles. The lowest BCUT2D eigenvalue weighted by atomic mass is 10.1. The molecule has 0 saturated heterocycles. The van der Waals surface area contributed by atoms with E-state index in [2.05, 4.69) is 50.0 Å². The average molecular weight is 282 g/mol. The first-order valence-electron chi connectivity index (χ1n) is 7.03. The predicted molar refractivity (Wildman–Crippen MR) is 84.1 cm³/mol. The van der Waals surface area contributed by atoms with Crippen molar-refractivity contribution < 1.29 is 0 Å². The van der Waals surface area contributed by atoms with Crippen molar-refractivity contribution in [1.29, 1.82) is 0 Å². The van der Waals surface area contributed by atoms with E-state index in [1.807, 2.05) is 4.68 Å². The number of nitrogens with zero attached hydrogens (tertiary/aromatic N) is 3. The lowest BCUT2D eigenvalue weighted by Crippen LogP contribution is -2.33. The van der Waals surface area contributed by atoms with Gasteiger partial charge in [0.25, 0.3) is 0 Å². The van der Waals surface area contributed by atoms with Crippen LogP contribution in [0.2, 0.25) is 0 Å². The SMILES string of the molecule is CCC(C)n1ccc(CN(CC)CC(C)C(N)=S)n1. The van der Waals surface area contributed by atoms with Crippen molar-refractivity contribution in [3.05, 3.63) is 18.0 Å². The van der Waals surface area contributed by atoms with Gasteiger partial charge in [-0.05, 0) is 26.0 Å². The van der Waals surface area contributed by atoms with Gasteiger partial charge >= 0.3 is 0 Å². The molecule has 2 N–H and O–H groups in total. The van der Waals surface area contributed by atoms with Gasteiger partial charge in [0.15, 0.2) is 0 Å². The quantitative estimate of drug-likeness (QED) is 0.745. The monoisotopic (exact) mass is 282 g/mol. The number of aromatic nitrogens is 2. The van der Waals surface area contributed by atoms with Crippen LogP contribution in [0.3, 0.4) is 0 Å². The van der Waals surface area contributed by atoms with Crippen molar-refractivity contribution >= 4 is 17.2 Å². The molecule has 4 nitrogen and oxygen atoms in total. The third-order valence-electron chi connectivity index (χ3n) is 3.56. The zero-order valence-corrected chi connectivity index (χ0v) is 13.3. The van der Waals surface area contributed by atoms with Crippen LogP contribution in [-0.4, -0.2) is 32.8 Å². The van der Waals surface area contributed by atoms with Crippen molar-refractivity contribution in [3.8, 4) is 0 Å². The maximum atomic E-state index is 5.68. The molecule has 0 saturated carbocycles. The van der Waals surface area contributed by atoms with Gasteiger partial charge in [-0.25, -0.2) is 0 Å². The molecule has 1 aromatic rings. The third kappa shape index (κ3) is 4.91. The highest BCUT2D eigenvalue weighted by Gasteiger charge is 2.13. The van der Waals surface area contributed by atoms with Gasteiger partial charge in [-0.1, -0.05) is 33.0 Å². The van der Waals surface area contributed by atoms with Crippen LogP contribution in [0.25, 0.3) is 0 Å². The van der Waals surface area contributed by atoms with Gasteiger partial charge in [0.05, 0.1) is 10.7 Å². The predicted octanol–water partition coefficient (Wildman–Crippen LogP) is 2.60. The molecule has 0 amide bonds. The van der Waals surface area contributed by atoms with Crippen LogP contribution in [0.15, 0.2) is 12.3 Å². The summed E-state index contributed by atoms with van der Waals surface area (Å²) in [5.41, 5.74) is 6.79. The second kappa shape index (κ2) is 7.60. The first kappa shape index (κ1) is 16.1. The molecule has 108 valence electrons. The molecular weight excluding hydrogens is 256 g/mol. The van der Waals surface area contributed by atoms with Crippen LogP contribution >= 0.6 is 12.2 Å². The van der Waals surface area contributed by atoms with Crippen LogP contribution in [0.4, 0.5) is 0 Å². The van der Waals surface area contributed by atoms with Gasteiger partial charge in [0.1, 0.15) is 0 Å². The second-order valence-electron chi connectivity index (χ2n) is 5.18. The van der Waals surface area contributed by atoms with E-state index in [9.17, 15) is 0 Å². The molecule has 0 spiro atoms. The van der Waals surface area contributed by atoms with Gasteiger partial charge in [-0.15, -0.1) is 0 Å². The van der Waals surface area contributed by atoms with Gasteiger partial charge in [0.2, 0.25) is 0 Å². The Morgan fingerprint density at radius 3 is 2.68 bits per heavy atom. The molecule has 0 aliphatic rings. The van der Waals surface area contributed by atoms with Crippen LogP contribution in [0, 0.1) is 5.92 Å². The van der Waals surface area contributed by atoms with Crippen molar-refractivity contribution in [2.45, 2.75) is 46.7 Å². The standard InChI is InChI=1S/C14H26N4S/c1-5-12(4)18-8-7-13(16-18)10-17(6-2)9-11(3)14(15)19/h7-8,11-12H,5-6,9-10H2,1-4H3,(H2,15,19). The summed E-state index contributed by atoms with van der Waals surface area (Å²) in [6.07, 6.45) is 3.16. The van der Waals surface area contributed by atoms with Gasteiger partial charge in [-0.3, -0.25) is 9.58 Å². The number of rotatable bonds is 8. The summed E-state index contributed by atoms with van der Waals surface area (Å²) in [7, 11) is 0. The van der Waals surface area contributed by atoms with E-state index < -0.39 is 0 Å². The third-order valence-corrected chi connectivity index (χ3v) is 3.96. The number of nitrogens with two attached hydrogens (primary N) is 1. The highest BCUT2D eigenvalue weighted by atomic mass is 32.1. The molecule has 0 aromatic carbocycles. The zero-order valence-electron chi connectivity index (χ0n) is 12.5. The van der Waals surface area contributed by atoms with Crippen molar-refractivity contribution in [1.82, 2.24) is 14.7 Å². The summed E-state index contributed by atoms with van der Waals surface area (Å²) in [6.45, 7) is 11.3. The summed E-state index contributed by atoms with van der Waals surface area (Å²) in [4.78, 5) is 2.91. The largest absolute Gasteiger partial charge is 0.393 e. The van der Waals surface area contributed by atoms with E-state index in [-0.39, 0.29) is 5.92 Å². The fourth-order valence-electron chi connectivity index (χ4n) is 1.91. The first-order chi connectivity index (χ1) is 8.97. The Kier molecular flexibility index (Phi) is 6.45. The Hall–Kier alpha value is -0.940. The fourth-order valence-corrected chi connectivity index (χ4v) is 1.98. The lowest BCUT2D eigenvalue weighted by Gasteiger charge is -2.22. The molecule has 0 bridgehead atoms. The van der Waals surface area contributed by atoms with E-state index >= 15 is 0 Å². The Morgan fingerprint density at radius 1 is 1.47 bits per heavy atom. The summed E-state index contributed by atoms with van der Waals surface area (Å²) in [5.74, 6) is 0.242. The second-order valence-corrected chi connectivity index (χ2v) is 5.65. The summed E-state index contributed by atoms with van der Waals surface area (Å²) >= 11 is 5.03. The molecule has 1 rings (SSSR count). The van der Waals surface area contributed by atoms with Crippen molar-refractivity contribution in [3.63, 3.8) is 0 Å². The highest BCUT2D eigenvalue weighted by molar-refractivity contribution is 7.80. The van der Waals surface area contributed by atoms with Crippen LogP contribution < -0.4 is 5.73 Å². The van der Waals surface area contributed by atoms with Crippen LogP contribution in [0.5, 0.6) is 0 Å². The van der Waals surface area contributed by atoms with Gasteiger partial charge in [0, 0.05) is 31.2 Å². The van der Waals surface area contributed by atoms with E-state index in [4.69, 9.17) is 18.0 Å². The molecule has 0 aliphatic heterocycles. The molecular formula is C14H26N4S. The Labute approximate surface area is 122 Å². The minimum Gasteiger partial charge on any atom is -0.393 e. The number of thiocarbonyl (C=S) groups is 1. The summed E-state index contributed by atoms with van der Waals surface area (Å²) in [5, 5.41) is 4.63. The lowest BCUT2D eigenvalue weighted by molar-refractivity contribution is 0.259. The minimum atomic E-state index is 0.242. The molecule has 0 aliphatic carbocycles. The van der Waals surface area contributed by atoms with Crippen LogP contribution in [-0.2, 0) is 6.54 Å². The van der Waals surface area contributed by atoms with Gasteiger partial charge < -0.3 is 5.73 Å². The fraction of sp³-hybridized carbons (Fsp3) is 0.714. The maximum Gasteiger partial charge on any atom is 0.0768 e. The molecule has 2 unspecified atom stereocenters. The Morgan fingerprint density at radius 2 is 2.16 bits per heavy atom. The summed E-state index contributed by atoms with van der Waals surface area (Å²) in [6, 6.07) is 2.56. The molecule has 0 radical (unpaired) electrons. The summed E-state index contributed by atoms with van der Waals surface area (Å²) < 4.78 is 2.04. The van der Waals surface area contributed by atoms with Crippen molar-refractivity contribution in [2.75, 3.05) is 13.1 Å². The molecule has 0 fully saturated rings. The van der Waals surface area contributed by atoms with Crippen molar-refractivity contribution in [2.24, 2.45) is 11.7 Å². The average Bonchev–Trinajstić information content (AvgIpc) is 2.85. The van der Waals surface area contributed by atoms with E-state index in [1.54, 1.807) is 0 Å². The number of hydrogen-bond acceptors (Lipinski definition) is 3. The number of hydrogen-bond donors (Lipinski definition) is 1. The molecule has 1 heterocycles. The normalized spacial score (nSPS) is 14.6. The Balaban J connectivity index is 2.60. The van der Waals surface area contributed by atoms with E-state index in [1.165, 1.54) is 0 Å². The van der Waals surface area contributed by atoms with Gasteiger partial charge in [-0.2, -0.15) is 5.10 Å². The van der Waals surface area contributed by atoms with E-state index in [0.717, 1.165) is 31.7 Å². The minimum absolute atomic E-state index is 0.242. The maximum absolute atomic E-state index is 5.68. The van der Waals surface area contributed by atoms with E-state index in [0.29, 0.717) is 11.0 Å². The first-order valence-corrected chi connectivity index (χ1v) is 7.44.